The maximum atomic E-state index is 12.5. The van der Waals surface area contributed by atoms with Gasteiger partial charge in [0, 0.05) is 0 Å². The summed E-state index contributed by atoms with van der Waals surface area (Å²) in [4.78, 5) is 3.81. The smallest absolute Gasteiger partial charge is 0.266 e. The van der Waals surface area contributed by atoms with Crippen molar-refractivity contribution in [1.29, 1.82) is 0 Å². The first kappa shape index (κ1) is 10.5. The van der Waals surface area contributed by atoms with Crippen molar-refractivity contribution in [3.8, 4) is 0 Å². The van der Waals surface area contributed by atoms with Crippen LogP contribution in [0.1, 0.15) is 24.6 Å². The highest BCUT2D eigenvalue weighted by Gasteiger charge is 2.24. The van der Waals surface area contributed by atoms with Crippen molar-refractivity contribution in [2.45, 2.75) is 25.1 Å². The quantitative estimate of drug-likeness (QED) is 0.723. The molecule has 2 atom stereocenters. The van der Waals surface area contributed by atoms with Gasteiger partial charge in [-0.1, -0.05) is 9.24 Å². The number of aromatic nitrogens is 3. The predicted octanol–water partition coefficient (Wildman–Crippen LogP) is 0.835. The van der Waals surface area contributed by atoms with Crippen LogP contribution >= 0.6 is 9.24 Å². The van der Waals surface area contributed by atoms with E-state index in [-0.39, 0.29) is 11.9 Å². The summed E-state index contributed by atoms with van der Waals surface area (Å²) in [6, 6.07) is -0.320. The van der Waals surface area contributed by atoms with E-state index in [0.717, 1.165) is 0 Å². The fourth-order valence-corrected chi connectivity index (χ4v) is 0.987. The Hall–Kier alpha value is -0.610. The summed E-state index contributed by atoms with van der Waals surface area (Å²) in [6.07, 6.45) is -0.499. The fourth-order valence-electron chi connectivity index (χ4n) is 0.804. The van der Waals surface area contributed by atoms with E-state index in [1.807, 2.05) is 0 Å². The Kier molecular flexibility index (Phi) is 2.93. The van der Waals surface area contributed by atoms with E-state index in [1.54, 1.807) is 6.92 Å². The molecule has 0 aliphatic rings. The van der Waals surface area contributed by atoms with Crippen LogP contribution in [0.3, 0.4) is 0 Å². The normalized spacial score (nSPS) is 14.5. The van der Waals surface area contributed by atoms with Gasteiger partial charge in [0.25, 0.3) is 5.66 Å². The molecule has 1 aromatic heterocycles. The second kappa shape index (κ2) is 3.64. The average Bonchev–Trinajstić information content (AvgIpc) is 2.31. The van der Waals surface area contributed by atoms with E-state index >= 15 is 0 Å². The molecule has 0 spiro atoms. The minimum atomic E-state index is -2.86. The van der Waals surface area contributed by atoms with Crippen molar-refractivity contribution < 1.29 is 8.78 Å². The van der Waals surface area contributed by atoms with Crippen LogP contribution in [0.15, 0.2) is 0 Å². The molecule has 2 unspecified atom stereocenters. The molecule has 4 nitrogen and oxygen atoms in total. The van der Waals surface area contributed by atoms with Gasteiger partial charge >= 0.3 is 0 Å². The van der Waals surface area contributed by atoms with Crippen LogP contribution in [0.4, 0.5) is 8.78 Å². The summed E-state index contributed by atoms with van der Waals surface area (Å²) in [5.41, 5.74) is 2.60. The molecule has 7 heteroatoms. The number of nitrogens with one attached hydrogen (secondary N) is 1. The Morgan fingerprint density at radius 2 is 2.31 bits per heavy atom. The molecule has 0 radical (unpaired) electrons. The van der Waals surface area contributed by atoms with Crippen molar-refractivity contribution >= 4 is 9.24 Å². The van der Waals surface area contributed by atoms with Gasteiger partial charge in [-0.15, -0.1) is 0 Å². The number of hydrogen-bond donors (Lipinski definition) is 2. The number of rotatable bonds is 3. The number of hydrogen-bond acceptors (Lipinski definition) is 3. The van der Waals surface area contributed by atoms with E-state index in [1.165, 1.54) is 9.24 Å². The molecule has 1 rings (SSSR count). The van der Waals surface area contributed by atoms with Crippen molar-refractivity contribution in [3.05, 3.63) is 11.6 Å². The minimum Gasteiger partial charge on any atom is -0.322 e. The van der Waals surface area contributed by atoms with E-state index < -0.39 is 12.1 Å². The second-order valence-electron chi connectivity index (χ2n) is 2.86. The Bertz CT molecular complexity index is 280. The van der Waals surface area contributed by atoms with Gasteiger partial charge < -0.3 is 5.73 Å². The van der Waals surface area contributed by atoms with E-state index in [4.69, 9.17) is 5.73 Å². The van der Waals surface area contributed by atoms with Gasteiger partial charge in [0.2, 0.25) is 0 Å². The zero-order valence-corrected chi connectivity index (χ0v) is 8.24. The second-order valence-corrected chi connectivity index (χ2v) is 3.71. The minimum absolute atomic E-state index is 0.0762. The first-order valence-corrected chi connectivity index (χ1v) is 4.29. The van der Waals surface area contributed by atoms with E-state index in [2.05, 4.69) is 15.2 Å². The Morgan fingerprint density at radius 1 is 1.69 bits per heavy atom. The Labute approximate surface area is 76.5 Å². The molecule has 0 amide bonds. The fraction of sp³-hybridized carbons (Fsp3) is 0.667. The predicted molar refractivity (Wildman–Crippen MR) is 47.3 cm³/mol. The highest BCUT2D eigenvalue weighted by molar-refractivity contribution is 7.18. The van der Waals surface area contributed by atoms with Gasteiger partial charge in [-0.2, -0.15) is 5.10 Å². The number of nitrogens with two attached hydrogens (primary N) is 1. The SMILES string of the molecule is CC(N)c1nc(CC(F)(F)P)n[nH]1. The Balaban J connectivity index is 2.70. The van der Waals surface area contributed by atoms with Crippen molar-refractivity contribution in [2.75, 3.05) is 0 Å². The summed E-state index contributed by atoms with van der Waals surface area (Å²) >= 11 is 0. The van der Waals surface area contributed by atoms with Crippen molar-refractivity contribution in [2.24, 2.45) is 5.73 Å². The van der Waals surface area contributed by atoms with Gasteiger partial charge in [0.1, 0.15) is 5.82 Å². The lowest BCUT2D eigenvalue weighted by Gasteiger charge is -2.05. The number of halogens is 2. The van der Waals surface area contributed by atoms with Crippen LogP contribution < -0.4 is 5.73 Å². The van der Waals surface area contributed by atoms with Crippen LogP contribution in [0, 0.1) is 0 Å². The van der Waals surface area contributed by atoms with Crippen LogP contribution in [-0.4, -0.2) is 20.8 Å². The molecular formula is C6H11F2N4P. The molecular weight excluding hydrogens is 197 g/mol. The van der Waals surface area contributed by atoms with Crippen molar-refractivity contribution in [3.63, 3.8) is 0 Å². The van der Waals surface area contributed by atoms with Gasteiger partial charge in [-0.3, -0.25) is 5.10 Å². The van der Waals surface area contributed by atoms with E-state index in [9.17, 15) is 8.78 Å². The lowest BCUT2D eigenvalue weighted by atomic mass is 10.3. The molecule has 1 heterocycles. The number of alkyl halides is 2. The third-order valence-corrected chi connectivity index (χ3v) is 1.58. The lowest BCUT2D eigenvalue weighted by molar-refractivity contribution is 0.103. The van der Waals surface area contributed by atoms with E-state index in [0.29, 0.717) is 5.82 Å². The maximum absolute atomic E-state index is 12.5. The maximum Gasteiger partial charge on any atom is 0.266 e. The number of nitrogens with zero attached hydrogens (tertiary/aromatic N) is 2. The topological polar surface area (TPSA) is 67.6 Å². The molecule has 0 saturated heterocycles. The molecule has 0 aliphatic heterocycles. The monoisotopic (exact) mass is 208 g/mol. The molecule has 0 aliphatic carbocycles. The molecule has 3 N–H and O–H groups in total. The first-order valence-electron chi connectivity index (χ1n) is 3.72. The lowest BCUT2D eigenvalue weighted by Crippen LogP contribution is -2.11. The zero-order chi connectivity index (χ0) is 10.1. The molecule has 1 aromatic rings. The molecule has 0 fully saturated rings. The summed E-state index contributed by atoms with van der Waals surface area (Å²) in [7, 11) is 1.44. The van der Waals surface area contributed by atoms with Crippen LogP contribution in [0.5, 0.6) is 0 Å². The molecule has 0 aromatic carbocycles. The van der Waals surface area contributed by atoms with Crippen LogP contribution in [-0.2, 0) is 6.42 Å². The summed E-state index contributed by atoms with van der Waals surface area (Å²) in [5.74, 6) is 0.497. The molecule has 74 valence electrons. The number of aromatic amines is 1. The third-order valence-electron chi connectivity index (χ3n) is 1.37. The number of H-pyrrole nitrogens is 1. The standard InChI is InChI=1S/C6H11F2N4P/c1-3(9)5-10-4(11-12-5)2-6(7,8)13/h3H,2,9,13H2,1H3,(H,10,11,12). The van der Waals surface area contributed by atoms with Crippen LogP contribution in [0.25, 0.3) is 0 Å². The third kappa shape index (κ3) is 3.32. The average molecular weight is 208 g/mol. The Morgan fingerprint density at radius 3 is 2.69 bits per heavy atom. The van der Waals surface area contributed by atoms with Gasteiger partial charge in [0.15, 0.2) is 5.82 Å². The van der Waals surface area contributed by atoms with Crippen molar-refractivity contribution in [1.82, 2.24) is 15.2 Å². The van der Waals surface area contributed by atoms with Gasteiger partial charge in [0.05, 0.1) is 12.5 Å². The first-order chi connectivity index (χ1) is 5.88. The van der Waals surface area contributed by atoms with Gasteiger partial charge in [-0.05, 0) is 6.92 Å². The summed E-state index contributed by atoms with van der Waals surface area (Å²) in [5, 5.41) is 6.11. The van der Waals surface area contributed by atoms with Crippen LogP contribution in [0.2, 0.25) is 0 Å². The molecule has 0 saturated carbocycles. The largest absolute Gasteiger partial charge is 0.322 e. The zero-order valence-electron chi connectivity index (χ0n) is 7.09. The highest BCUT2D eigenvalue weighted by atomic mass is 31.0. The highest BCUT2D eigenvalue weighted by Crippen LogP contribution is 2.25. The summed E-state index contributed by atoms with van der Waals surface area (Å²) in [6.45, 7) is 1.70. The van der Waals surface area contributed by atoms with Gasteiger partial charge in [-0.25, -0.2) is 13.8 Å². The molecule has 13 heavy (non-hydrogen) atoms. The molecule has 0 bridgehead atoms. The summed E-state index contributed by atoms with van der Waals surface area (Å²) < 4.78 is 24.9.